The molecule has 0 amide bonds. The predicted molar refractivity (Wildman–Crippen MR) is 94.3 cm³/mol. The number of fused-ring (bicyclic) bond motifs is 4. The van der Waals surface area contributed by atoms with Crippen LogP contribution >= 0.6 is 11.3 Å². The van der Waals surface area contributed by atoms with E-state index in [0.717, 1.165) is 47.6 Å². The summed E-state index contributed by atoms with van der Waals surface area (Å²) < 4.78 is 2.23. The van der Waals surface area contributed by atoms with Crippen LogP contribution in [-0.2, 0) is 32.4 Å². The van der Waals surface area contributed by atoms with Crippen LogP contribution in [0.5, 0.6) is 0 Å². The fourth-order valence-electron chi connectivity index (χ4n) is 3.91. The molecule has 1 N–H and O–H groups in total. The van der Waals surface area contributed by atoms with Crippen molar-refractivity contribution in [2.24, 2.45) is 5.92 Å². The number of hydrogen-bond acceptors (Lipinski definition) is 6. The molecule has 1 aliphatic carbocycles. The third kappa shape index (κ3) is 2.22. The van der Waals surface area contributed by atoms with Crippen LogP contribution in [-0.4, -0.2) is 24.7 Å². The van der Waals surface area contributed by atoms with Crippen molar-refractivity contribution in [3.63, 3.8) is 0 Å². The van der Waals surface area contributed by atoms with Crippen molar-refractivity contribution in [3.05, 3.63) is 28.4 Å². The Kier molecular flexibility index (Phi) is 3.29. The zero-order valence-corrected chi connectivity index (χ0v) is 14.6. The molecule has 124 valence electrons. The van der Waals surface area contributed by atoms with E-state index in [1.54, 1.807) is 6.33 Å². The monoisotopic (exact) mass is 340 g/mol. The Balaban J connectivity index is 1.48. The van der Waals surface area contributed by atoms with Gasteiger partial charge in [-0.15, -0.1) is 21.5 Å². The van der Waals surface area contributed by atoms with Gasteiger partial charge in [0.05, 0.1) is 11.9 Å². The van der Waals surface area contributed by atoms with Crippen LogP contribution < -0.4 is 5.32 Å². The molecule has 0 spiro atoms. The molecule has 0 saturated heterocycles. The summed E-state index contributed by atoms with van der Waals surface area (Å²) >= 11 is 1.84. The Bertz CT molecular complexity index is 911. The number of rotatable bonds is 3. The molecule has 3 aromatic heterocycles. The minimum absolute atomic E-state index is 0.667. The van der Waals surface area contributed by atoms with E-state index in [-0.39, 0.29) is 0 Å². The molecule has 0 bridgehead atoms. The number of nitrogens with zero attached hydrogens (tertiary/aromatic N) is 5. The third-order valence-electron chi connectivity index (χ3n) is 5.19. The second-order valence-electron chi connectivity index (χ2n) is 6.90. The van der Waals surface area contributed by atoms with Crippen LogP contribution in [0.4, 0.5) is 5.82 Å². The van der Waals surface area contributed by atoms with E-state index in [1.807, 2.05) is 11.3 Å². The van der Waals surface area contributed by atoms with Crippen LogP contribution in [0.25, 0.3) is 10.2 Å². The molecule has 7 heteroatoms. The molecule has 3 aromatic rings. The molecule has 5 rings (SSSR count). The van der Waals surface area contributed by atoms with Crippen LogP contribution in [0.1, 0.15) is 41.9 Å². The van der Waals surface area contributed by atoms with Crippen molar-refractivity contribution >= 4 is 27.4 Å². The highest BCUT2D eigenvalue weighted by atomic mass is 32.1. The molecule has 2 aliphatic rings. The highest BCUT2D eigenvalue weighted by Crippen LogP contribution is 2.39. The van der Waals surface area contributed by atoms with Crippen LogP contribution in [0.2, 0.25) is 0 Å². The van der Waals surface area contributed by atoms with Crippen molar-refractivity contribution in [3.8, 4) is 0 Å². The fraction of sp³-hybridized carbons (Fsp3) is 0.529. The van der Waals surface area contributed by atoms with Gasteiger partial charge in [-0.3, -0.25) is 0 Å². The lowest BCUT2D eigenvalue weighted by molar-refractivity contribution is 0.509. The first kappa shape index (κ1) is 14.3. The Morgan fingerprint density at radius 1 is 1.29 bits per heavy atom. The summed E-state index contributed by atoms with van der Waals surface area (Å²) in [6.07, 6.45) is 7.45. The van der Waals surface area contributed by atoms with Gasteiger partial charge in [-0.2, -0.15) is 0 Å². The molecule has 0 saturated carbocycles. The van der Waals surface area contributed by atoms with E-state index >= 15 is 0 Å². The molecule has 6 nitrogen and oxygen atoms in total. The normalized spacial score (nSPS) is 19.5. The van der Waals surface area contributed by atoms with Gasteiger partial charge in [-0.1, -0.05) is 6.92 Å². The van der Waals surface area contributed by atoms with Gasteiger partial charge in [-0.05, 0) is 37.2 Å². The number of thiophene rings is 1. The Morgan fingerprint density at radius 2 is 2.25 bits per heavy atom. The lowest BCUT2D eigenvalue weighted by Gasteiger charge is -2.18. The van der Waals surface area contributed by atoms with E-state index in [1.165, 1.54) is 35.1 Å². The molecule has 4 heterocycles. The maximum Gasteiger partial charge on any atom is 0.152 e. The second kappa shape index (κ2) is 5.51. The summed E-state index contributed by atoms with van der Waals surface area (Å²) in [6, 6.07) is 0. The van der Waals surface area contributed by atoms with E-state index in [2.05, 4.69) is 37.0 Å². The SMILES string of the molecule is C[C@H]1CCc2c(sc3ncnc(NCc4nnc5n4CCC5)c23)C1. The smallest absolute Gasteiger partial charge is 0.152 e. The first-order valence-electron chi connectivity index (χ1n) is 8.69. The van der Waals surface area contributed by atoms with Crippen LogP contribution in [0.3, 0.4) is 0 Å². The summed E-state index contributed by atoms with van der Waals surface area (Å²) in [5.41, 5.74) is 1.46. The molecule has 1 aliphatic heterocycles. The molecule has 0 fully saturated rings. The lowest BCUT2D eigenvalue weighted by Crippen LogP contribution is -2.11. The first-order valence-corrected chi connectivity index (χ1v) is 9.51. The molecule has 1 atom stereocenters. The first-order chi connectivity index (χ1) is 11.8. The van der Waals surface area contributed by atoms with Gasteiger partial charge in [0, 0.05) is 17.8 Å². The van der Waals surface area contributed by atoms with Gasteiger partial charge in [0.1, 0.15) is 22.8 Å². The van der Waals surface area contributed by atoms with Crippen LogP contribution in [0, 0.1) is 5.92 Å². The average Bonchev–Trinajstić information content (AvgIpc) is 3.26. The number of anilines is 1. The predicted octanol–water partition coefficient (Wildman–Crippen LogP) is 2.97. The van der Waals surface area contributed by atoms with Crippen molar-refractivity contribution in [1.82, 2.24) is 24.7 Å². The van der Waals surface area contributed by atoms with Crippen molar-refractivity contribution < 1.29 is 0 Å². The van der Waals surface area contributed by atoms with E-state index in [4.69, 9.17) is 0 Å². The van der Waals surface area contributed by atoms with Crippen molar-refractivity contribution in [2.75, 3.05) is 5.32 Å². The summed E-state index contributed by atoms with van der Waals surface area (Å²) in [5.74, 6) is 3.84. The zero-order valence-electron chi connectivity index (χ0n) is 13.7. The van der Waals surface area contributed by atoms with Gasteiger partial charge in [0.15, 0.2) is 5.82 Å². The number of aryl methyl sites for hydroxylation is 2. The van der Waals surface area contributed by atoms with Crippen LogP contribution in [0.15, 0.2) is 6.33 Å². The largest absolute Gasteiger partial charge is 0.362 e. The molecular formula is C17H20N6S. The molecule has 0 radical (unpaired) electrons. The highest BCUT2D eigenvalue weighted by molar-refractivity contribution is 7.19. The maximum atomic E-state index is 4.53. The Morgan fingerprint density at radius 3 is 3.21 bits per heavy atom. The summed E-state index contributed by atoms with van der Waals surface area (Å²) in [4.78, 5) is 11.6. The topological polar surface area (TPSA) is 68.5 Å². The van der Waals surface area contributed by atoms with Crippen molar-refractivity contribution in [2.45, 2.75) is 52.1 Å². The van der Waals surface area contributed by atoms with E-state index in [9.17, 15) is 0 Å². The number of aromatic nitrogens is 5. The van der Waals surface area contributed by atoms with Gasteiger partial charge < -0.3 is 9.88 Å². The number of hydrogen-bond donors (Lipinski definition) is 1. The summed E-state index contributed by atoms with van der Waals surface area (Å²) in [7, 11) is 0. The zero-order chi connectivity index (χ0) is 16.1. The van der Waals surface area contributed by atoms with Gasteiger partial charge in [0.25, 0.3) is 0 Å². The van der Waals surface area contributed by atoms with E-state index < -0.39 is 0 Å². The number of nitrogens with one attached hydrogen (secondary N) is 1. The van der Waals surface area contributed by atoms with E-state index in [0.29, 0.717) is 6.54 Å². The average molecular weight is 340 g/mol. The summed E-state index contributed by atoms with van der Waals surface area (Å²) in [6.45, 7) is 4.04. The van der Waals surface area contributed by atoms with Gasteiger partial charge in [-0.25, -0.2) is 9.97 Å². The lowest BCUT2D eigenvalue weighted by atomic mass is 9.89. The van der Waals surface area contributed by atoms with Crippen molar-refractivity contribution in [1.29, 1.82) is 0 Å². The molecular weight excluding hydrogens is 320 g/mol. The standard InChI is InChI=1S/C17H20N6S/c1-10-4-5-11-12(7-10)24-17-15(11)16(19-9-20-17)18-8-14-22-21-13-3-2-6-23(13)14/h9-10H,2-8H2,1H3,(H,18,19,20)/t10-/m0/s1. The second-order valence-corrected chi connectivity index (χ2v) is 7.98. The minimum atomic E-state index is 0.667. The molecule has 24 heavy (non-hydrogen) atoms. The fourth-order valence-corrected chi connectivity index (χ4v) is 5.26. The Hall–Kier alpha value is -2.02. The quantitative estimate of drug-likeness (QED) is 0.794. The van der Waals surface area contributed by atoms with Gasteiger partial charge >= 0.3 is 0 Å². The molecule has 0 unspecified atom stereocenters. The highest BCUT2D eigenvalue weighted by Gasteiger charge is 2.23. The third-order valence-corrected chi connectivity index (χ3v) is 6.35. The summed E-state index contributed by atoms with van der Waals surface area (Å²) in [5, 5.41) is 13.3. The van der Waals surface area contributed by atoms with Gasteiger partial charge in [0.2, 0.25) is 0 Å². The minimum Gasteiger partial charge on any atom is -0.362 e. The Labute approximate surface area is 144 Å². The molecule has 0 aromatic carbocycles. The maximum absolute atomic E-state index is 4.53.